The van der Waals surface area contributed by atoms with Crippen molar-refractivity contribution in [2.75, 3.05) is 18.0 Å². The molecule has 1 amide bonds. The number of aromatic nitrogens is 2. The fraction of sp³-hybridized carbons (Fsp3) is 0.500. The summed E-state index contributed by atoms with van der Waals surface area (Å²) < 4.78 is 40.4. The van der Waals surface area contributed by atoms with E-state index in [-0.39, 0.29) is 24.1 Å². The molecule has 2 aliphatic rings. The maximum atomic E-state index is 12.3. The Morgan fingerprint density at radius 3 is 2.48 bits per heavy atom. The number of benzene rings is 1. The monoisotopic (exact) mass is 408 g/mol. The van der Waals surface area contributed by atoms with Gasteiger partial charge in [0.1, 0.15) is 5.75 Å². The van der Waals surface area contributed by atoms with Gasteiger partial charge in [0.25, 0.3) is 0 Å². The second-order valence-electron chi connectivity index (χ2n) is 7.65. The Kier molecular flexibility index (Phi) is 5.38. The number of alkyl halides is 3. The van der Waals surface area contributed by atoms with Crippen LogP contribution in [0.15, 0.2) is 30.3 Å². The number of carbonyl (C=O) groups excluding carboxylic acids is 1. The standard InChI is InChI=1S/C20H23F3N4O2/c21-20(22,23)29-16-5-1-13(2-6-16)11-19(28)24-15-7-9-27(10-8-15)18-12-17(25-26-18)14-3-4-14/h1-2,5-6,12,14-15H,3-4,7-11H2,(H,24,28)(H,25,26). The van der Waals surface area contributed by atoms with E-state index in [1.165, 1.54) is 42.8 Å². The van der Waals surface area contributed by atoms with Crippen LogP contribution in [-0.2, 0) is 11.2 Å². The fourth-order valence-corrected chi connectivity index (χ4v) is 3.62. The first-order valence-corrected chi connectivity index (χ1v) is 9.80. The molecule has 6 nitrogen and oxygen atoms in total. The average molecular weight is 408 g/mol. The van der Waals surface area contributed by atoms with Crippen molar-refractivity contribution in [3.8, 4) is 5.75 Å². The summed E-state index contributed by atoms with van der Waals surface area (Å²) in [5.74, 6) is 1.18. The summed E-state index contributed by atoms with van der Waals surface area (Å²) in [5, 5.41) is 10.5. The molecule has 2 heterocycles. The molecule has 156 valence electrons. The Morgan fingerprint density at radius 1 is 1.17 bits per heavy atom. The predicted octanol–water partition coefficient (Wildman–Crippen LogP) is 3.51. The smallest absolute Gasteiger partial charge is 0.406 e. The molecule has 1 aliphatic heterocycles. The molecular weight excluding hydrogens is 385 g/mol. The first-order chi connectivity index (χ1) is 13.9. The highest BCUT2D eigenvalue weighted by Gasteiger charge is 2.31. The van der Waals surface area contributed by atoms with Crippen LogP contribution in [0.3, 0.4) is 0 Å². The molecule has 0 bridgehead atoms. The van der Waals surface area contributed by atoms with Gasteiger partial charge in [-0.05, 0) is 43.4 Å². The first kappa shape index (κ1) is 19.6. The van der Waals surface area contributed by atoms with Crippen molar-refractivity contribution >= 4 is 11.7 Å². The van der Waals surface area contributed by atoms with Crippen LogP contribution in [0.1, 0.15) is 42.9 Å². The summed E-state index contributed by atoms with van der Waals surface area (Å²) in [6.07, 6.45) is -0.479. The number of ether oxygens (including phenoxy) is 1. The van der Waals surface area contributed by atoms with E-state index in [1.807, 2.05) is 0 Å². The Hall–Kier alpha value is -2.71. The number of anilines is 1. The topological polar surface area (TPSA) is 70.2 Å². The van der Waals surface area contributed by atoms with Crippen LogP contribution in [0.2, 0.25) is 0 Å². The lowest BCUT2D eigenvalue weighted by Gasteiger charge is -2.32. The minimum atomic E-state index is -4.72. The summed E-state index contributed by atoms with van der Waals surface area (Å²) in [7, 11) is 0. The van der Waals surface area contributed by atoms with Gasteiger partial charge in [-0.2, -0.15) is 5.10 Å². The summed E-state index contributed by atoms with van der Waals surface area (Å²) in [5.41, 5.74) is 1.85. The van der Waals surface area contributed by atoms with Crippen LogP contribution < -0.4 is 15.0 Å². The van der Waals surface area contributed by atoms with Crippen LogP contribution in [0, 0.1) is 0 Å². The summed E-state index contributed by atoms with van der Waals surface area (Å²) in [6.45, 7) is 1.65. The molecule has 2 aromatic rings. The molecule has 9 heteroatoms. The van der Waals surface area contributed by atoms with Gasteiger partial charge in [-0.1, -0.05) is 12.1 Å². The third kappa shape index (κ3) is 5.42. The molecule has 4 rings (SSSR count). The van der Waals surface area contributed by atoms with Gasteiger partial charge in [-0.15, -0.1) is 13.2 Å². The van der Waals surface area contributed by atoms with Crippen molar-refractivity contribution in [3.05, 3.63) is 41.6 Å². The maximum absolute atomic E-state index is 12.3. The van der Waals surface area contributed by atoms with Gasteiger partial charge in [-0.25, -0.2) is 0 Å². The van der Waals surface area contributed by atoms with Gasteiger partial charge >= 0.3 is 6.36 Å². The minimum Gasteiger partial charge on any atom is -0.406 e. The van der Waals surface area contributed by atoms with E-state index in [9.17, 15) is 18.0 Å². The SMILES string of the molecule is O=C(Cc1ccc(OC(F)(F)F)cc1)NC1CCN(c2cc(C3CC3)[nH]n2)CC1. The molecule has 1 aromatic carbocycles. The number of aromatic amines is 1. The summed E-state index contributed by atoms with van der Waals surface area (Å²) in [6, 6.07) is 7.59. The number of nitrogens with zero attached hydrogens (tertiary/aromatic N) is 2. The number of halogens is 3. The lowest BCUT2D eigenvalue weighted by Crippen LogP contribution is -2.45. The van der Waals surface area contributed by atoms with E-state index in [4.69, 9.17) is 0 Å². The van der Waals surface area contributed by atoms with Gasteiger partial charge in [0, 0.05) is 36.8 Å². The maximum Gasteiger partial charge on any atom is 0.573 e. The molecule has 1 saturated heterocycles. The third-order valence-corrected chi connectivity index (χ3v) is 5.31. The van der Waals surface area contributed by atoms with Crippen LogP contribution in [0.25, 0.3) is 0 Å². The molecule has 1 aliphatic carbocycles. The van der Waals surface area contributed by atoms with Gasteiger partial charge in [0.05, 0.1) is 6.42 Å². The molecule has 0 unspecified atom stereocenters. The highest BCUT2D eigenvalue weighted by Crippen LogP contribution is 2.40. The number of amides is 1. The van der Waals surface area contributed by atoms with Crippen molar-refractivity contribution in [1.29, 1.82) is 0 Å². The zero-order valence-electron chi connectivity index (χ0n) is 15.8. The fourth-order valence-electron chi connectivity index (χ4n) is 3.62. The third-order valence-electron chi connectivity index (χ3n) is 5.31. The van der Waals surface area contributed by atoms with Crippen LogP contribution >= 0.6 is 0 Å². The Labute approximate surface area is 166 Å². The zero-order valence-corrected chi connectivity index (χ0v) is 15.8. The highest BCUT2D eigenvalue weighted by atomic mass is 19.4. The summed E-state index contributed by atoms with van der Waals surface area (Å²) >= 11 is 0. The number of carbonyl (C=O) groups is 1. The van der Waals surface area contributed by atoms with Gasteiger partial charge < -0.3 is 15.0 Å². The minimum absolute atomic E-state index is 0.0911. The average Bonchev–Trinajstić information content (AvgIpc) is 3.40. The predicted molar refractivity (Wildman–Crippen MR) is 101 cm³/mol. The van der Waals surface area contributed by atoms with Gasteiger partial charge in [-0.3, -0.25) is 9.89 Å². The Bertz CT molecular complexity index is 838. The van der Waals surface area contributed by atoms with Gasteiger partial charge in [0.15, 0.2) is 5.82 Å². The molecular formula is C20H23F3N4O2. The second kappa shape index (κ2) is 7.96. The highest BCUT2D eigenvalue weighted by molar-refractivity contribution is 5.78. The van der Waals surface area contributed by atoms with Crippen LogP contribution in [0.4, 0.5) is 19.0 Å². The Balaban J connectivity index is 1.22. The van der Waals surface area contributed by atoms with Crippen molar-refractivity contribution in [2.24, 2.45) is 0 Å². The van der Waals surface area contributed by atoms with Crippen LogP contribution in [0.5, 0.6) is 5.75 Å². The van der Waals surface area contributed by atoms with Crippen molar-refractivity contribution in [3.63, 3.8) is 0 Å². The number of rotatable bonds is 6. The number of H-pyrrole nitrogens is 1. The zero-order chi connectivity index (χ0) is 20.4. The summed E-state index contributed by atoms with van der Waals surface area (Å²) in [4.78, 5) is 14.5. The number of nitrogens with one attached hydrogen (secondary N) is 2. The van der Waals surface area contributed by atoms with E-state index in [0.717, 1.165) is 31.7 Å². The molecule has 2 N–H and O–H groups in total. The Morgan fingerprint density at radius 2 is 1.86 bits per heavy atom. The number of hydrogen-bond acceptors (Lipinski definition) is 4. The first-order valence-electron chi connectivity index (χ1n) is 9.80. The van der Waals surface area contributed by atoms with E-state index in [2.05, 4.69) is 31.2 Å². The largest absolute Gasteiger partial charge is 0.573 e. The lowest BCUT2D eigenvalue weighted by molar-refractivity contribution is -0.274. The number of piperidine rings is 1. The molecule has 29 heavy (non-hydrogen) atoms. The quantitative estimate of drug-likeness (QED) is 0.768. The molecule has 1 aromatic heterocycles. The second-order valence-corrected chi connectivity index (χ2v) is 7.65. The van der Waals surface area contributed by atoms with E-state index in [0.29, 0.717) is 11.5 Å². The molecule has 2 fully saturated rings. The lowest BCUT2D eigenvalue weighted by atomic mass is 10.0. The van der Waals surface area contributed by atoms with Crippen LogP contribution in [-0.4, -0.2) is 41.6 Å². The molecule has 0 radical (unpaired) electrons. The molecule has 1 saturated carbocycles. The molecule has 0 atom stereocenters. The van der Waals surface area contributed by atoms with E-state index in [1.54, 1.807) is 0 Å². The van der Waals surface area contributed by atoms with E-state index < -0.39 is 6.36 Å². The van der Waals surface area contributed by atoms with Crippen molar-refractivity contribution < 1.29 is 22.7 Å². The van der Waals surface area contributed by atoms with Crippen molar-refractivity contribution in [2.45, 2.75) is 50.4 Å². The number of hydrogen-bond donors (Lipinski definition) is 2. The van der Waals surface area contributed by atoms with Gasteiger partial charge in [0.2, 0.25) is 5.91 Å². The van der Waals surface area contributed by atoms with E-state index >= 15 is 0 Å². The normalized spacial score (nSPS) is 18.0. The van der Waals surface area contributed by atoms with Crippen molar-refractivity contribution in [1.82, 2.24) is 15.5 Å². The molecule has 0 spiro atoms.